The second kappa shape index (κ2) is 8.61. The Labute approximate surface area is 202 Å². The molecule has 1 N–H and O–H groups in total. The lowest BCUT2D eigenvalue weighted by Crippen LogP contribution is -2.46. The van der Waals surface area contributed by atoms with Gasteiger partial charge in [0.1, 0.15) is 11.6 Å². The molecule has 2 aliphatic rings. The molecular formula is C25H28FN5O2S. The van der Waals surface area contributed by atoms with Crippen molar-refractivity contribution in [2.75, 3.05) is 25.5 Å². The highest BCUT2D eigenvalue weighted by Crippen LogP contribution is 2.39. The number of rotatable bonds is 4. The highest BCUT2D eigenvalue weighted by atomic mass is 32.1. The van der Waals surface area contributed by atoms with Gasteiger partial charge in [0.25, 0.3) is 0 Å². The Morgan fingerprint density at radius 1 is 1.29 bits per heavy atom. The topological polar surface area (TPSA) is 80.2 Å². The van der Waals surface area contributed by atoms with Crippen molar-refractivity contribution in [2.45, 2.75) is 51.5 Å². The minimum atomic E-state index is -0.617. The average Bonchev–Trinajstić information content (AvgIpc) is 3.44. The maximum absolute atomic E-state index is 14.4. The van der Waals surface area contributed by atoms with Crippen LogP contribution in [-0.2, 0) is 11.2 Å². The Bertz CT molecular complexity index is 1260. The van der Waals surface area contributed by atoms with Crippen molar-refractivity contribution in [3.05, 3.63) is 52.7 Å². The molecule has 0 saturated carbocycles. The molecule has 5 heterocycles. The molecule has 1 fully saturated rings. The van der Waals surface area contributed by atoms with Crippen molar-refractivity contribution >= 4 is 23.3 Å². The zero-order valence-corrected chi connectivity index (χ0v) is 20.6. The van der Waals surface area contributed by atoms with E-state index in [1.54, 1.807) is 6.92 Å². The number of ether oxygens (including phenoxy) is 1. The number of fused-ring (bicyclic) bond motifs is 1. The van der Waals surface area contributed by atoms with Crippen LogP contribution in [0, 0.1) is 19.7 Å². The van der Waals surface area contributed by atoms with E-state index in [9.17, 15) is 9.18 Å². The minimum absolute atomic E-state index is 0.0864. The second-order valence-corrected chi connectivity index (χ2v) is 10.2. The number of hydrogen-bond donors (Lipinski definition) is 1. The molecule has 3 aromatic heterocycles. The second-order valence-electron chi connectivity index (χ2n) is 9.35. The van der Waals surface area contributed by atoms with E-state index >= 15 is 0 Å². The van der Waals surface area contributed by atoms with E-state index in [4.69, 9.17) is 9.72 Å². The molecular weight excluding hydrogens is 453 g/mol. The standard InChI is InChI=1S/C25H28FN5O2S/c1-14-9-21(34-30-14)19-10-17-5-6-25(29-23(17)28-16(19)3)7-8-31(13-25)24(32)15(2)18-11-22(33-4)27-12-20(18)26/h9-12,15H,5-8,13H2,1-4H3,(H,28,29)/t15-,25+/m1/s1. The van der Waals surface area contributed by atoms with Crippen LogP contribution >= 0.6 is 11.5 Å². The quantitative estimate of drug-likeness (QED) is 0.591. The summed E-state index contributed by atoms with van der Waals surface area (Å²) in [4.78, 5) is 25.0. The van der Waals surface area contributed by atoms with Gasteiger partial charge in [-0.05, 0) is 69.3 Å². The molecule has 0 aromatic carbocycles. The summed E-state index contributed by atoms with van der Waals surface area (Å²) in [5.41, 5.74) is 4.41. The number of nitrogens with zero attached hydrogens (tertiary/aromatic N) is 4. The molecule has 178 valence electrons. The van der Waals surface area contributed by atoms with Crippen LogP contribution in [-0.4, -0.2) is 50.9 Å². The van der Waals surface area contributed by atoms with Gasteiger partial charge in [0.05, 0.1) is 35.3 Å². The number of carbonyl (C=O) groups is 1. The molecule has 9 heteroatoms. The average molecular weight is 482 g/mol. The van der Waals surface area contributed by atoms with Gasteiger partial charge in [-0.25, -0.2) is 14.4 Å². The predicted octanol–water partition coefficient (Wildman–Crippen LogP) is 4.50. The smallest absolute Gasteiger partial charge is 0.230 e. The van der Waals surface area contributed by atoms with Crippen LogP contribution in [0.15, 0.2) is 24.4 Å². The van der Waals surface area contributed by atoms with E-state index < -0.39 is 11.7 Å². The third-order valence-electron chi connectivity index (χ3n) is 7.01. The van der Waals surface area contributed by atoms with Crippen LogP contribution in [0.3, 0.4) is 0 Å². The largest absolute Gasteiger partial charge is 0.481 e. The summed E-state index contributed by atoms with van der Waals surface area (Å²) in [5.74, 6) is 0.00656. The zero-order chi connectivity index (χ0) is 24.0. The van der Waals surface area contributed by atoms with Gasteiger partial charge in [-0.3, -0.25) is 4.79 Å². The summed E-state index contributed by atoms with van der Waals surface area (Å²) >= 11 is 1.50. The first kappa shape index (κ1) is 22.7. The van der Waals surface area contributed by atoms with Crippen LogP contribution < -0.4 is 10.1 Å². The fourth-order valence-electron chi connectivity index (χ4n) is 5.02. The number of methoxy groups -OCH3 is 1. The molecule has 0 radical (unpaired) electrons. The van der Waals surface area contributed by atoms with Crippen LogP contribution in [0.1, 0.15) is 48.2 Å². The van der Waals surface area contributed by atoms with E-state index in [0.717, 1.165) is 53.1 Å². The first-order valence-corrected chi connectivity index (χ1v) is 12.3. The van der Waals surface area contributed by atoms with Crippen molar-refractivity contribution < 1.29 is 13.9 Å². The minimum Gasteiger partial charge on any atom is -0.481 e. The molecule has 2 aliphatic heterocycles. The normalized spacial score (nSPS) is 20.2. The number of amides is 1. The number of hydrogen-bond acceptors (Lipinski definition) is 7. The number of carbonyl (C=O) groups excluding carboxylic acids is 1. The number of halogens is 1. The molecule has 1 spiro atoms. The van der Waals surface area contributed by atoms with E-state index in [-0.39, 0.29) is 11.4 Å². The Morgan fingerprint density at radius 3 is 2.85 bits per heavy atom. The highest BCUT2D eigenvalue weighted by molar-refractivity contribution is 7.09. The lowest BCUT2D eigenvalue weighted by molar-refractivity contribution is -0.131. The molecule has 3 aromatic rings. The number of anilines is 1. The molecule has 0 bridgehead atoms. The Morgan fingerprint density at radius 2 is 2.12 bits per heavy atom. The predicted molar refractivity (Wildman–Crippen MR) is 130 cm³/mol. The summed E-state index contributed by atoms with van der Waals surface area (Å²) in [6, 6.07) is 5.83. The van der Waals surface area contributed by atoms with Gasteiger partial charge in [0.15, 0.2) is 0 Å². The van der Waals surface area contributed by atoms with Gasteiger partial charge >= 0.3 is 0 Å². The van der Waals surface area contributed by atoms with Crippen LogP contribution in [0.4, 0.5) is 10.2 Å². The van der Waals surface area contributed by atoms with E-state index in [1.807, 2.05) is 18.7 Å². The lowest BCUT2D eigenvalue weighted by atomic mass is 9.86. The molecule has 2 atom stereocenters. The van der Waals surface area contributed by atoms with Gasteiger partial charge in [0, 0.05) is 36.0 Å². The summed E-state index contributed by atoms with van der Waals surface area (Å²) in [7, 11) is 1.48. The monoisotopic (exact) mass is 481 g/mol. The van der Waals surface area contributed by atoms with E-state index in [1.165, 1.54) is 30.3 Å². The van der Waals surface area contributed by atoms with E-state index in [0.29, 0.717) is 24.5 Å². The molecule has 0 unspecified atom stereocenters. The first-order chi connectivity index (χ1) is 16.3. The van der Waals surface area contributed by atoms with Crippen molar-refractivity contribution in [3.8, 4) is 16.3 Å². The Balaban J connectivity index is 1.33. The molecule has 1 amide bonds. The number of aromatic nitrogens is 3. The summed E-state index contributed by atoms with van der Waals surface area (Å²) in [6.45, 7) is 6.97. The summed E-state index contributed by atoms with van der Waals surface area (Å²) in [5, 5.41) is 3.67. The van der Waals surface area contributed by atoms with E-state index in [2.05, 4.69) is 26.8 Å². The Kier molecular flexibility index (Phi) is 5.75. The maximum atomic E-state index is 14.4. The summed E-state index contributed by atoms with van der Waals surface area (Å²) < 4.78 is 23.9. The number of nitrogens with one attached hydrogen (secondary N) is 1. The van der Waals surface area contributed by atoms with Crippen molar-refractivity contribution in [1.29, 1.82) is 0 Å². The number of pyridine rings is 2. The maximum Gasteiger partial charge on any atom is 0.230 e. The molecule has 5 rings (SSSR count). The molecule has 7 nitrogen and oxygen atoms in total. The lowest BCUT2D eigenvalue weighted by Gasteiger charge is -2.36. The molecule has 1 saturated heterocycles. The van der Waals surface area contributed by atoms with Gasteiger partial charge in [-0.1, -0.05) is 0 Å². The highest BCUT2D eigenvalue weighted by Gasteiger charge is 2.43. The summed E-state index contributed by atoms with van der Waals surface area (Å²) in [6.07, 6.45) is 3.76. The third-order valence-corrected chi connectivity index (χ3v) is 7.93. The molecule has 0 aliphatic carbocycles. The number of aryl methyl sites for hydroxylation is 3. The van der Waals surface area contributed by atoms with Gasteiger partial charge in [-0.2, -0.15) is 4.37 Å². The van der Waals surface area contributed by atoms with Crippen molar-refractivity contribution in [3.63, 3.8) is 0 Å². The van der Waals surface area contributed by atoms with Gasteiger partial charge in [0.2, 0.25) is 11.8 Å². The molecule has 34 heavy (non-hydrogen) atoms. The Hall–Kier alpha value is -3.07. The van der Waals surface area contributed by atoms with Crippen molar-refractivity contribution in [1.82, 2.24) is 19.2 Å². The van der Waals surface area contributed by atoms with Crippen LogP contribution in [0.5, 0.6) is 5.88 Å². The van der Waals surface area contributed by atoms with Gasteiger partial charge in [-0.15, -0.1) is 0 Å². The van der Waals surface area contributed by atoms with Gasteiger partial charge < -0.3 is 15.0 Å². The van der Waals surface area contributed by atoms with Crippen LogP contribution in [0.25, 0.3) is 10.4 Å². The van der Waals surface area contributed by atoms with Crippen LogP contribution in [0.2, 0.25) is 0 Å². The number of likely N-dealkylation sites (tertiary alicyclic amines) is 1. The third kappa shape index (κ3) is 4.02. The first-order valence-electron chi connectivity index (χ1n) is 11.5. The SMILES string of the molecule is COc1cc([C@@H](C)C(=O)N2CC[C@@]3(CCc4cc(-c5cc(C)ns5)c(C)nc4N3)C2)c(F)cn1. The zero-order valence-electron chi connectivity index (χ0n) is 19.8. The fourth-order valence-corrected chi connectivity index (χ4v) is 5.85. The fraction of sp³-hybridized carbons (Fsp3) is 0.440. The van der Waals surface area contributed by atoms with Crippen molar-refractivity contribution in [2.24, 2.45) is 0 Å².